The van der Waals surface area contributed by atoms with E-state index in [1.165, 1.54) is 5.39 Å². The zero-order valence-corrected chi connectivity index (χ0v) is 16.0. The van der Waals surface area contributed by atoms with Crippen LogP contribution in [0.15, 0.2) is 54.7 Å². The second kappa shape index (κ2) is 7.89. The Hall–Kier alpha value is -3.08. The zero-order valence-electron chi connectivity index (χ0n) is 16.0. The Balaban J connectivity index is 1.29. The normalized spacial score (nSPS) is 14.6. The standard InChI is InChI=1S/C23H25N3O2/c1-15(16-8-11-19(12-9-16)26-23(28)17-6-7-17)25-22(27)13-10-18-14-24-21-5-3-2-4-20(18)21/h2-5,8-9,11-12,14-15,17,24H,6-7,10,13H2,1H3,(H,25,27)(H,26,28). The average molecular weight is 375 g/mol. The number of aryl methyl sites for hydroxylation is 1. The number of fused-ring (bicyclic) bond motifs is 1. The summed E-state index contributed by atoms with van der Waals surface area (Å²) in [6, 6.07) is 15.7. The van der Waals surface area contributed by atoms with Crippen molar-refractivity contribution < 1.29 is 9.59 Å². The van der Waals surface area contributed by atoms with E-state index in [-0.39, 0.29) is 23.8 Å². The van der Waals surface area contributed by atoms with Crippen LogP contribution in [-0.4, -0.2) is 16.8 Å². The van der Waals surface area contributed by atoms with Crippen molar-refractivity contribution in [3.63, 3.8) is 0 Å². The first-order chi connectivity index (χ1) is 13.6. The molecule has 3 aromatic rings. The molecule has 0 aliphatic heterocycles. The molecule has 0 radical (unpaired) electrons. The summed E-state index contributed by atoms with van der Waals surface area (Å²) >= 11 is 0. The molecule has 2 aromatic carbocycles. The van der Waals surface area contributed by atoms with E-state index >= 15 is 0 Å². The van der Waals surface area contributed by atoms with Crippen molar-refractivity contribution >= 4 is 28.4 Å². The van der Waals surface area contributed by atoms with Crippen LogP contribution in [0, 0.1) is 5.92 Å². The van der Waals surface area contributed by atoms with Gasteiger partial charge in [0.15, 0.2) is 0 Å². The molecule has 0 spiro atoms. The van der Waals surface area contributed by atoms with E-state index in [4.69, 9.17) is 0 Å². The van der Waals surface area contributed by atoms with Gasteiger partial charge in [-0.15, -0.1) is 0 Å². The van der Waals surface area contributed by atoms with E-state index in [1.54, 1.807) is 0 Å². The summed E-state index contributed by atoms with van der Waals surface area (Å²) in [6.07, 6.45) is 5.11. The van der Waals surface area contributed by atoms with E-state index in [1.807, 2.05) is 55.6 Å². The van der Waals surface area contributed by atoms with Gasteiger partial charge in [0, 0.05) is 35.1 Å². The predicted octanol–water partition coefficient (Wildman–Crippen LogP) is 4.33. The van der Waals surface area contributed by atoms with Gasteiger partial charge in [0.1, 0.15) is 0 Å². The zero-order chi connectivity index (χ0) is 19.5. The van der Waals surface area contributed by atoms with Gasteiger partial charge in [-0.2, -0.15) is 0 Å². The number of amides is 2. The molecule has 0 saturated heterocycles. The lowest BCUT2D eigenvalue weighted by atomic mass is 10.1. The van der Waals surface area contributed by atoms with E-state index in [0.717, 1.165) is 35.2 Å². The number of hydrogen-bond acceptors (Lipinski definition) is 2. The fraction of sp³-hybridized carbons (Fsp3) is 0.304. The van der Waals surface area contributed by atoms with Gasteiger partial charge in [-0.1, -0.05) is 30.3 Å². The Bertz CT molecular complexity index is 987. The summed E-state index contributed by atoms with van der Waals surface area (Å²) in [5.74, 6) is 0.324. The number of aromatic nitrogens is 1. The summed E-state index contributed by atoms with van der Waals surface area (Å²) in [5.41, 5.74) is 4.08. The van der Waals surface area contributed by atoms with Gasteiger partial charge in [0.25, 0.3) is 0 Å². The van der Waals surface area contributed by atoms with E-state index in [2.05, 4.69) is 21.7 Å². The molecule has 3 N–H and O–H groups in total. The highest BCUT2D eigenvalue weighted by Gasteiger charge is 2.29. The van der Waals surface area contributed by atoms with Gasteiger partial charge in [-0.25, -0.2) is 0 Å². The molecule has 1 aromatic heterocycles. The second-order valence-corrected chi connectivity index (χ2v) is 7.53. The Morgan fingerprint density at radius 1 is 1.11 bits per heavy atom. The van der Waals surface area contributed by atoms with Crippen molar-refractivity contribution in [2.75, 3.05) is 5.32 Å². The minimum absolute atomic E-state index is 0.0314. The molecule has 1 fully saturated rings. The third kappa shape index (κ3) is 4.25. The average Bonchev–Trinajstić information content (AvgIpc) is 3.48. The van der Waals surface area contributed by atoms with Crippen LogP contribution in [0.25, 0.3) is 10.9 Å². The molecule has 1 atom stereocenters. The molecule has 1 unspecified atom stereocenters. The molecule has 144 valence electrons. The predicted molar refractivity (Wildman–Crippen MR) is 111 cm³/mol. The van der Waals surface area contributed by atoms with Crippen LogP contribution in [0.3, 0.4) is 0 Å². The third-order valence-electron chi connectivity index (χ3n) is 5.30. The first-order valence-corrected chi connectivity index (χ1v) is 9.85. The summed E-state index contributed by atoms with van der Waals surface area (Å²) in [5, 5.41) is 7.16. The second-order valence-electron chi connectivity index (χ2n) is 7.53. The Morgan fingerprint density at radius 2 is 1.86 bits per heavy atom. The number of H-pyrrole nitrogens is 1. The smallest absolute Gasteiger partial charge is 0.227 e. The van der Waals surface area contributed by atoms with Crippen molar-refractivity contribution in [1.82, 2.24) is 10.3 Å². The molecule has 4 rings (SSSR count). The molecule has 1 heterocycles. The number of aromatic amines is 1. The topological polar surface area (TPSA) is 74.0 Å². The SMILES string of the molecule is CC(NC(=O)CCc1c[nH]c2ccccc12)c1ccc(NC(=O)C2CC2)cc1. The first kappa shape index (κ1) is 18.3. The Labute approximate surface area is 164 Å². The van der Waals surface area contributed by atoms with Gasteiger partial charge in [-0.05, 0) is 55.5 Å². The maximum absolute atomic E-state index is 12.4. The molecule has 1 saturated carbocycles. The maximum Gasteiger partial charge on any atom is 0.227 e. The lowest BCUT2D eigenvalue weighted by molar-refractivity contribution is -0.121. The number of para-hydroxylation sites is 1. The minimum atomic E-state index is -0.0800. The van der Waals surface area contributed by atoms with Crippen molar-refractivity contribution in [1.29, 1.82) is 0 Å². The Kier molecular flexibility index (Phi) is 5.15. The minimum Gasteiger partial charge on any atom is -0.361 e. The highest BCUT2D eigenvalue weighted by Crippen LogP contribution is 2.30. The van der Waals surface area contributed by atoms with E-state index in [9.17, 15) is 9.59 Å². The lowest BCUT2D eigenvalue weighted by Crippen LogP contribution is -2.26. The van der Waals surface area contributed by atoms with Crippen molar-refractivity contribution in [3.8, 4) is 0 Å². The molecular formula is C23H25N3O2. The van der Waals surface area contributed by atoms with Crippen LogP contribution >= 0.6 is 0 Å². The molecular weight excluding hydrogens is 350 g/mol. The van der Waals surface area contributed by atoms with E-state index in [0.29, 0.717) is 12.8 Å². The monoisotopic (exact) mass is 375 g/mol. The van der Waals surface area contributed by atoms with Gasteiger partial charge >= 0.3 is 0 Å². The van der Waals surface area contributed by atoms with Crippen molar-refractivity contribution in [2.24, 2.45) is 5.92 Å². The van der Waals surface area contributed by atoms with Gasteiger partial charge in [-0.3, -0.25) is 9.59 Å². The van der Waals surface area contributed by atoms with Gasteiger partial charge in [0.05, 0.1) is 6.04 Å². The van der Waals surface area contributed by atoms with E-state index < -0.39 is 0 Å². The summed E-state index contributed by atoms with van der Waals surface area (Å²) in [4.78, 5) is 27.4. The van der Waals surface area contributed by atoms with Gasteiger partial charge in [0.2, 0.25) is 11.8 Å². The van der Waals surface area contributed by atoms with Crippen LogP contribution in [0.2, 0.25) is 0 Å². The fourth-order valence-electron chi connectivity index (χ4n) is 3.43. The summed E-state index contributed by atoms with van der Waals surface area (Å²) in [7, 11) is 0. The maximum atomic E-state index is 12.4. The highest BCUT2D eigenvalue weighted by atomic mass is 16.2. The summed E-state index contributed by atoms with van der Waals surface area (Å²) < 4.78 is 0. The lowest BCUT2D eigenvalue weighted by Gasteiger charge is -2.15. The van der Waals surface area contributed by atoms with Crippen LogP contribution in [0.5, 0.6) is 0 Å². The number of anilines is 1. The third-order valence-corrected chi connectivity index (χ3v) is 5.30. The first-order valence-electron chi connectivity index (χ1n) is 9.85. The summed E-state index contributed by atoms with van der Waals surface area (Å²) in [6.45, 7) is 1.97. The molecule has 5 heteroatoms. The van der Waals surface area contributed by atoms with Crippen molar-refractivity contribution in [3.05, 3.63) is 65.9 Å². The largest absolute Gasteiger partial charge is 0.361 e. The molecule has 5 nitrogen and oxygen atoms in total. The number of rotatable bonds is 7. The number of benzene rings is 2. The Morgan fingerprint density at radius 3 is 2.61 bits per heavy atom. The van der Waals surface area contributed by atoms with Crippen molar-refractivity contribution in [2.45, 2.75) is 38.6 Å². The van der Waals surface area contributed by atoms with Crippen LogP contribution in [0.1, 0.15) is 43.4 Å². The molecule has 28 heavy (non-hydrogen) atoms. The number of nitrogens with one attached hydrogen (secondary N) is 3. The van der Waals surface area contributed by atoms with Crippen LogP contribution in [0.4, 0.5) is 5.69 Å². The molecule has 0 bridgehead atoms. The highest BCUT2D eigenvalue weighted by molar-refractivity contribution is 5.94. The number of hydrogen-bond donors (Lipinski definition) is 3. The molecule has 1 aliphatic rings. The fourth-order valence-corrected chi connectivity index (χ4v) is 3.43. The van der Waals surface area contributed by atoms with Gasteiger partial charge < -0.3 is 15.6 Å². The molecule has 1 aliphatic carbocycles. The van der Waals surface area contributed by atoms with Crippen LogP contribution < -0.4 is 10.6 Å². The number of carbonyl (C=O) groups excluding carboxylic acids is 2. The molecule has 2 amide bonds. The van der Waals surface area contributed by atoms with Crippen LogP contribution in [-0.2, 0) is 16.0 Å². The quantitative estimate of drug-likeness (QED) is 0.575. The number of carbonyl (C=O) groups is 2.